The van der Waals surface area contributed by atoms with Gasteiger partial charge in [0.15, 0.2) is 5.65 Å². The van der Waals surface area contributed by atoms with Crippen molar-refractivity contribution in [3.63, 3.8) is 0 Å². The van der Waals surface area contributed by atoms with E-state index in [1.165, 1.54) is 15.7 Å². The first kappa shape index (κ1) is 25.9. The van der Waals surface area contributed by atoms with Gasteiger partial charge in [0.25, 0.3) is 11.1 Å². The fourth-order valence-electron chi connectivity index (χ4n) is 5.53. The van der Waals surface area contributed by atoms with Crippen molar-refractivity contribution in [1.82, 2.24) is 14.4 Å². The maximum atomic E-state index is 14.1. The molecule has 0 fully saturated rings. The van der Waals surface area contributed by atoms with E-state index in [1.807, 2.05) is 78.9 Å². The van der Waals surface area contributed by atoms with Gasteiger partial charge in [-0.25, -0.2) is 9.38 Å². The van der Waals surface area contributed by atoms with Gasteiger partial charge in [-0.05, 0) is 77.1 Å². The summed E-state index contributed by atoms with van der Waals surface area (Å²) < 4.78 is 12.3. The summed E-state index contributed by atoms with van der Waals surface area (Å²) >= 11 is 1.20. The number of methoxy groups -OCH3 is 2. The van der Waals surface area contributed by atoms with Gasteiger partial charge in [-0.2, -0.15) is 4.98 Å². The number of nitrogens with zero attached hydrogens (tertiary/aromatic N) is 3. The van der Waals surface area contributed by atoms with Crippen LogP contribution >= 0.6 is 11.3 Å². The molecule has 7 rings (SSSR count). The van der Waals surface area contributed by atoms with Crippen molar-refractivity contribution in [2.75, 3.05) is 14.2 Å². The number of ether oxygens (including phenoxy) is 2. The summed E-state index contributed by atoms with van der Waals surface area (Å²) in [7, 11) is 3.27. The summed E-state index contributed by atoms with van der Waals surface area (Å²) in [5.41, 5.74) is 5.96. The second-order valence-corrected chi connectivity index (χ2v) is 11.1. The summed E-state index contributed by atoms with van der Waals surface area (Å²) in [5.74, 6) is 1.51. The minimum Gasteiger partial charge on any atom is -0.497 e. The van der Waals surface area contributed by atoms with Crippen LogP contribution in [0.3, 0.4) is 0 Å². The normalized spacial score (nSPS) is 14.1. The standard InChI is InChI=1S/C34H25N3O4S/c1-40-24-13-8-21(9-14-24)18-23-12-17-26-28(22-10-15-25(41-2)16-11-22)29-31(35-30(23)26)36-34-37(33(29)39)32(38)27(42-34)19-20-6-4-3-5-7-20/h3-11,13-16,18-19H,12,17H2,1-2H3/b23-18+,27-19-. The first-order chi connectivity index (χ1) is 20.5. The van der Waals surface area contributed by atoms with Crippen molar-refractivity contribution in [3.05, 3.63) is 126 Å². The Bertz CT molecular complexity index is 2180. The molecule has 0 saturated carbocycles. The molecular weight excluding hydrogens is 546 g/mol. The van der Waals surface area contributed by atoms with E-state index in [2.05, 4.69) is 6.08 Å². The molecule has 6 aromatic rings. The van der Waals surface area contributed by atoms with Crippen molar-refractivity contribution in [2.24, 2.45) is 0 Å². The summed E-state index contributed by atoms with van der Waals surface area (Å²) in [6, 6.07) is 25.1. The van der Waals surface area contributed by atoms with Gasteiger partial charge in [-0.1, -0.05) is 65.9 Å². The number of thiazole rings is 1. The summed E-state index contributed by atoms with van der Waals surface area (Å²) in [6.45, 7) is 0. The van der Waals surface area contributed by atoms with Crippen LogP contribution in [-0.4, -0.2) is 28.6 Å². The van der Waals surface area contributed by atoms with Crippen LogP contribution in [0.25, 0.3) is 44.8 Å². The first-order valence-corrected chi connectivity index (χ1v) is 14.3. The quantitative estimate of drug-likeness (QED) is 0.276. The molecule has 0 atom stereocenters. The average Bonchev–Trinajstić information content (AvgIpc) is 3.56. The lowest BCUT2D eigenvalue weighted by Gasteiger charge is -2.13. The third kappa shape index (κ3) is 4.37. The van der Waals surface area contributed by atoms with E-state index in [0.717, 1.165) is 51.3 Å². The molecule has 3 aromatic heterocycles. The van der Waals surface area contributed by atoms with Crippen LogP contribution in [0, 0.1) is 0 Å². The Hall–Kier alpha value is -5.08. The van der Waals surface area contributed by atoms with Crippen LogP contribution < -0.4 is 25.1 Å². The van der Waals surface area contributed by atoms with E-state index < -0.39 is 5.56 Å². The molecule has 42 heavy (non-hydrogen) atoms. The zero-order valence-electron chi connectivity index (χ0n) is 23.0. The van der Waals surface area contributed by atoms with Gasteiger partial charge in [0.1, 0.15) is 11.5 Å². The molecule has 0 radical (unpaired) electrons. The Morgan fingerprint density at radius 2 is 1.43 bits per heavy atom. The molecule has 1 aliphatic rings. The van der Waals surface area contributed by atoms with E-state index in [9.17, 15) is 9.59 Å². The van der Waals surface area contributed by atoms with Crippen LogP contribution in [0.1, 0.15) is 28.8 Å². The minimum absolute atomic E-state index is 0.325. The highest BCUT2D eigenvalue weighted by Gasteiger charge is 2.27. The molecule has 3 aromatic carbocycles. The highest BCUT2D eigenvalue weighted by Crippen LogP contribution is 2.41. The van der Waals surface area contributed by atoms with Gasteiger partial charge < -0.3 is 9.47 Å². The van der Waals surface area contributed by atoms with Gasteiger partial charge >= 0.3 is 0 Å². The SMILES string of the molecule is COc1ccc(/C=C2\CCc3c2nc2nc4s/c(=C\c5ccccc5)c(=O)n4c(=O)c2c3-c2ccc(OC)cc2)cc1. The maximum absolute atomic E-state index is 14.1. The van der Waals surface area contributed by atoms with Crippen LogP contribution in [0.5, 0.6) is 11.5 Å². The summed E-state index contributed by atoms with van der Waals surface area (Å²) in [4.78, 5) is 37.8. The largest absolute Gasteiger partial charge is 0.497 e. The van der Waals surface area contributed by atoms with E-state index in [-0.39, 0.29) is 5.56 Å². The lowest BCUT2D eigenvalue weighted by atomic mass is 9.96. The highest BCUT2D eigenvalue weighted by molar-refractivity contribution is 7.15. The van der Waals surface area contributed by atoms with Gasteiger partial charge in [0, 0.05) is 5.56 Å². The molecule has 8 heteroatoms. The van der Waals surface area contributed by atoms with Crippen LogP contribution in [-0.2, 0) is 6.42 Å². The Balaban J connectivity index is 1.51. The predicted octanol–water partition coefficient (Wildman–Crippen LogP) is 5.38. The third-order valence-electron chi connectivity index (χ3n) is 7.59. The maximum Gasteiger partial charge on any atom is 0.277 e. The van der Waals surface area contributed by atoms with Gasteiger partial charge in [-0.3, -0.25) is 9.59 Å². The van der Waals surface area contributed by atoms with Crippen LogP contribution in [0.2, 0.25) is 0 Å². The number of pyridine rings is 1. The van der Waals surface area contributed by atoms with Gasteiger partial charge in [0.05, 0.1) is 29.8 Å². The monoisotopic (exact) mass is 571 g/mol. The Labute approximate surface area is 244 Å². The lowest BCUT2D eigenvalue weighted by Crippen LogP contribution is -2.31. The lowest BCUT2D eigenvalue weighted by molar-refractivity contribution is 0.414. The molecule has 0 bridgehead atoms. The van der Waals surface area contributed by atoms with Crippen LogP contribution in [0.4, 0.5) is 0 Å². The van der Waals surface area contributed by atoms with Crippen molar-refractivity contribution < 1.29 is 9.47 Å². The fraction of sp³-hybridized carbons (Fsp3) is 0.118. The number of hydrogen-bond acceptors (Lipinski definition) is 7. The Kier molecular flexibility index (Phi) is 6.40. The molecule has 1 aliphatic carbocycles. The van der Waals surface area contributed by atoms with E-state index >= 15 is 0 Å². The molecule has 0 saturated heterocycles. The summed E-state index contributed by atoms with van der Waals surface area (Å²) in [5, 5.41) is 0.350. The van der Waals surface area contributed by atoms with Crippen molar-refractivity contribution in [3.8, 4) is 22.6 Å². The topological polar surface area (TPSA) is 82.8 Å². The Morgan fingerprint density at radius 1 is 0.762 bits per heavy atom. The zero-order valence-corrected chi connectivity index (χ0v) is 23.8. The number of allylic oxidation sites excluding steroid dienone is 1. The number of hydrogen-bond donors (Lipinski definition) is 0. The average molecular weight is 572 g/mol. The Morgan fingerprint density at radius 3 is 2.12 bits per heavy atom. The smallest absolute Gasteiger partial charge is 0.277 e. The third-order valence-corrected chi connectivity index (χ3v) is 8.55. The molecule has 0 unspecified atom stereocenters. The zero-order chi connectivity index (χ0) is 28.8. The molecule has 0 N–H and O–H groups in total. The molecule has 0 aliphatic heterocycles. The van der Waals surface area contributed by atoms with E-state index in [0.29, 0.717) is 32.7 Å². The first-order valence-electron chi connectivity index (χ1n) is 13.5. The van der Waals surface area contributed by atoms with Crippen molar-refractivity contribution >= 4 is 45.1 Å². The second-order valence-electron chi connectivity index (χ2n) is 10.0. The number of benzene rings is 3. The number of rotatable bonds is 5. The van der Waals surface area contributed by atoms with Gasteiger partial charge in [0.2, 0.25) is 4.96 Å². The van der Waals surface area contributed by atoms with E-state index in [4.69, 9.17) is 19.4 Å². The summed E-state index contributed by atoms with van der Waals surface area (Å²) in [6.07, 6.45) is 5.40. The number of aromatic nitrogens is 3. The van der Waals surface area contributed by atoms with Gasteiger partial charge in [-0.15, -0.1) is 0 Å². The molecule has 0 amide bonds. The number of fused-ring (bicyclic) bond motifs is 3. The highest BCUT2D eigenvalue weighted by atomic mass is 32.1. The predicted molar refractivity (Wildman–Crippen MR) is 167 cm³/mol. The molecule has 3 heterocycles. The molecular formula is C34H25N3O4S. The van der Waals surface area contributed by atoms with Crippen molar-refractivity contribution in [2.45, 2.75) is 12.8 Å². The molecule has 0 spiro atoms. The van der Waals surface area contributed by atoms with Crippen LogP contribution in [0.15, 0.2) is 88.5 Å². The molecule has 206 valence electrons. The van der Waals surface area contributed by atoms with E-state index in [1.54, 1.807) is 20.3 Å². The minimum atomic E-state index is -0.405. The fourth-order valence-corrected chi connectivity index (χ4v) is 6.49. The molecule has 7 nitrogen and oxygen atoms in total. The van der Waals surface area contributed by atoms with Crippen molar-refractivity contribution in [1.29, 1.82) is 0 Å². The second kappa shape index (κ2) is 10.4.